The SMILES string of the molecule is O=Cc1cc2cc(F)ccc2n1CC1CCC1. The van der Waals surface area contributed by atoms with Crippen molar-refractivity contribution in [1.29, 1.82) is 0 Å². The minimum Gasteiger partial charge on any atom is -0.338 e. The number of hydrogen-bond acceptors (Lipinski definition) is 1. The van der Waals surface area contributed by atoms with E-state index < -0.39 is 0 Å². The van der Waals surface area contributed by atoms with Crippen LogP contribution in [0.25, 0.3) is 10.9 Å². The molecule has 0 atom stereocenters. The third-order valence-corrected chi connectivity index (χ3v) is 3.68. The van der Waals surface area contributed by atoms with Gasteiger partial charge in [0.15, 0.2) is 6.29 Å². The molecule has 0 saturated heterocycles. The highest BCUT2D eigenvalue weighted by Gasteiger charge is 2.20. The fraction of sp³-hybridized carbons (Fsp3) is 0.357. The Kier molecular flexibility index (Phi) is 2.46. The van der Waals surface area contributed by atoms with E-state index in [9.17, 15) is 9.18 Å². The zero-order chi connectivity index (χ0) is 11.8. The Bertz CT molecular complexity index is 569. The van der Waals surface area contributed by atoms with Gasteiger partial charge in [0.2, 0.25) is 0 Å². The van der Waals surface area contributed by atoms with E-state index in [0.29, 0.717) is 11.6 Å². The van der Waals surface area contributed by atoms with E-state index in [4.69, 9.17) is 0 Å². The number of aldehydes is 1. The lowest BCUT2D eigenvalue weighted by atomic mass is 9.85. The molecule has 0 amide bonds. The quantitative estimate of drug-likeness (QED) is 0.742. The van der Waals surface area contributed by atoms with Gasteiger partial charge in [-0.3, -0.25) is 4.79 Å². The van der Waals surface area contributed by atoms with E-state index in [0.717, 1.165) is 23.7 Å². The van der Waals surface area contributed by atoms with Gasteiger partial charge in [-0.2, -0.15) is 0 Å². The van der Waals surface area contributed by atoms with E-state index in [1.165, 1.54) is 31.4 Å². The maximum Gasteiger partial charge on any atom is 0.166 e. The molecular weight excluding hydrogens is 217 g/mol. The number of carbonyl (C=O) groups excluding carboxylic acids is 1. The van der Waals surface area contributed by atoms with E-state index in [1.807, 2.05) is 4.57 Å². The lowest BCUT2D eigenvalue weighted by molar-refractivity contribution is 0.111. The van der Waals surface area contributed by atoms with Crippen molar-refractivity contribution in [2.45, 2.75) is 25.8 Å². The molecule has 1 aliphatic rings. The van der Waals surface area contributed by atoms with Gasteiger partial charge in [0.25, 0.3) is 0 Å². The van der Waals surface area contributed by atoms with Gasteiger partial charge >= 0.3 is 0 Å². The van der Waals surface area contributed by atoms with Crippen LogP contribution in [0.3, 0.4) is 0 Å². The number of rotatable bonds is 3. The van der Waals surface area contributed by atoms with Crippen LogP contribution in [0.5, 0.6) is 0 Å². The van der Waals surface area contributed by atoms with Crippen molar-refractivity contribution in [2.75, 3.05) is 0 Å². The molecule has 3 rings (SSSR count). The molecule has 1 aromatic heterocycles. The van der Waals surface area contributed by atoms with Crippen LogP contribution in [0.1, 0.15) is 29.8 Å². The summed E-state index contributed by atoms with van der Waals surface area (Å²) in [6.45, 7) is 0.878. The van der Waals surface area contributed by atoms with Crippen LogP contribution in [0.4, 0.5) is 4.39 Å². The summed E-state index contributed by atoms with van der Waals surface area (Å²) in [5, 5.41) is 0.812. The number of aromatic nitrogens is 1. The van der Waals surface area contributed by atoms with E-state index in [2.05, 4.69) is 0 Å². The van der Waals surface area contributed by atoms with Gasteiger partial charge in [-0.1, -0.05) is 6.42 Å². The maximum atomic E-state index is 13.1. The summed E-state index contributed by atoms with van der Waals surface area (Å²) < 4.78 is 15.1. The van der Waals surface area contributed by atoms with Crippen LogP contribution >= 0.6 is 0 Å². The smallest absolute Gasteiger partial charge is 0.166 e. The first-order valence-corrected chi connectivity index (χ1v) is 6.02. The molecule has 1 aromatic carbocycles. The summed E-state index contributed by atoms with van der Waals surface area (Å²) in [4.78, 5) is 11.1. The topological polar surface area (TPSA) is 22.0 Å². The standard InChI is InChI=1S/C14H14FNO/c15-12-4-5-14-11(6-12)7-13(9-17)16(14)8-10-2-1-3-10/h4-7,9-10H,1-3,8H2. The van der Waals surface area contributed by atoms with Crippen LogP contribution in [0, 0.1) is 11.7 Å². The molecule has 17 heavy (non-hydrogen) atoms. The van der Waals surface area contributed by atoms with Gasteiger partial charge in [0.1, 0.15) is 5.82 Å². The second-order valence-corrected chi connectivity index (χ2v) is 4.80. The molecule has 0 unspecified atom stereocenters. The number of nitrogens with zero attached hydrogens (tertiary/aromatic N) is 1. The monoisotopic (exact) mass is 231 g/mol. The molecule has 0 aliphatic heterocycles. The van der Waals surface area contributed by atoms with Crippen LogP contribution in [0.15, 0.2) is 24.3 Å². The van der Waals surface area contributed by atoms with Crippen LogP contribution in [-0.4, -0.2) is 10.9 Å². The third-order valence-electron chi connectivity index (χ3n) is 3.68. The Morgan fingerprint density at radius 1 is 1.35 bits per heavy atom. The zero-order valence-electron chi connectivity index (χ0n) is 9.53. The highest BCUT2D eigenvalue weighted by molar-refractivity contribution is 5.88. The predicted octanol–water partition coefficient (Wildman–Crippen LogP) is 3.39. The predicted molar refractivity (Wildman–Crippen MR) is 64.6 cm³/mol. The lowest BCUT2D eigenvalue weighted by Crippen LogP contribution is -2.19. The second-order valence-electron chi connectivity index (χ2n) is 4.80. The first kappa shape index (κ1) is 10.5. The number of halogens is 1. The Hall–Kier alpha value is -1.64. The summed E-state index contributed by atoms with van der Waals surface area (Å²) in [7, 11) is 0. The van der Waals surface area contributed by atoms with E-state index >= 15 is 0 Å². The van der Waals surface area contributed by atoms with Gasteiger partial charge in [-0.15, -0.1) is 0 Å². The van der Waals surface area contributed by atoms with Gasteiger partial charge < -0.3 is 4.57 Å². The molecule has 1 aliphatic carbocycles. The van der Waals surface area contributed by atoms with Crippen LogP contribution in [0.2, 0.25) is 0 Å². The number of carbonyl (C=O) groups is 1. The van der Waals surface area contributed by atoms with Crippen molar-refractivity contribution in [3.63, 3.8) is 0 Å². The molecule has 88 valence electrons. The lowest BCUT2D eigenvalue weighted by Gasteiger charge is -2.26. The molecule has 2 aromatic rings. The van der Waals surface area contributed by atoms with Crippen LogP contribution in [-0.2, 0) is 6.54 Å². The van der Waals surface area contributed by atoms with Gasteiger partial charge in [0.05, 0.1) is 5.69 Å². The van der Waals surface area contributed by atoms with Crippen molar-refractivity contribution in [3.05, 3.63) is 35.8 Å². The summed E-state index contributed by atoms with van der Waals surface area (Å²) in [6, 6.07) is 6.47. The molecule has 0 N–H and O–H groups in total. The van der Waals surface area contributed by atoms with E-state index in [-0.39, 0.29) is 5.82 Å². The van der Waals surface area contributed by atoms with Crippen molar-refractivity contribution < 1.29 is 9.18 Å². The fourth-order valence-electron chi connectivity index (χ4n) is 2.50. The number of fused-ring (bicyclic) bond motifs is 1. The van der Waals surface area contributed by atoms with Gasteiger partial charge in [-0.05, 0) is 43.0 Å². The molecule has 0 spiro atoms. The van der Waals surface area contributed by atoms with Crippen molar-refractivity contribution in [3.8, 4) is 0 Å². The highest BCUT2D eigenvalue weighted by Crippen LogP contribution is 2.30. The molecule has 1 fully saturated rings. The van der Waals surface area contributed by atoms with Crippen LogP contribution < -0.4 is 0 Å². The maximum absolute atomic E-state index is 13.1. The number of hydrogen-bond donors (Lipinski definition) is 0. The second kappa shape index (κ2) is 3.99. The Balaban J connectivity index is 2.08. The molecule has 1 heterocycles. The summed E-state index contributed by atoms with van der Waals surface area (Å²) in [5.74, 6) is 0.421. The van der Waals surface area contributed by atoms with Gasteiger partial charge in [0, 0.05) is 17.4 Å². The molecular formula is C14H14FNO. The normalized spacial score (nSPS) is 16.1. The van der Waals surface area contributed by atoms with Crippen molar-refractivity contribution >= 4 is 17.2 Å². The first-order valence-electron chi connectivity index (χ1n) is 6.02. The Morgan fingerprint density at radius 2 is 2.18 bits per heavy atom. The minimum atomic E-state index is -0.254. The average Bonchev–Trinajstić information content (AvgIpc) is 2.60. The largest absolute Gasteiger partial charge is 0.338 e. The average molecular weight is 231 g/mol. The Labute approximate surface area is 99.0 Å². The minimum absolute atomic E-state index is 0.254. The van der Waals surface area contributed by atoms with E-state index in [1.54, 1.807) is 12.1 Å². The highest BCUT2D eigenvalue weighted by atomic mass is 19.1. The van der Waals surface area contributed by atoms with Crippen molar-refractivity contribution in [2.24, 2.45) is 5.92 Å². The van der Waals surface area contributed by atoms with Crippen molar-refractivity contribution in [1.82, 2.24) is 4.57 Å². The molecule has 1 saturated carbocycles. The first-order chi connectivity index (χ1) is 8.28. The fourth-order valence-corrected chi connectivity index (χ4v) is 2.50. The Morgan fingerprint density at radius 3 is 2.82 bits per heavy atom. The summed E-state index contributed by atoms with van der Waals surface area (Å²) in [6.07, 6.45) is 4.61. The van der Waals surface area contributed by atoms with Gasteiger partial charge in [-0.25, -0.2) is 4.39 Å². The number of benzene rings is 1. The molecule has 2 nitrogen and oxygen atoms in total. The molecule has 0 radical (unpaired) electrons. The zero-order valence-corrected chi connectivity index (χ0v) is 9.53. The molecule has 3 heteroatoms. The summed E-state index contributed by atoms with van der Waals surface area (Å²) in [5.41, 5.74) is 1.61. The summed E-state index contributed by atoms with van der Waals surface area (Å²) >= 11 is 0. The molecule has 0 bridgehead atoms. The third kappa shape index (κ3) is 1.75.